The van der Waals surface area contributed by atoms with E-state index in [1.165, 1.54) is 35.9 Å². The van der Waals surface area contributed by atoms with Crippen LogP contribution in [0, 0.1) is 0 Å². The zero-order valence-corrected chi connectivity index (χ0v) is 71.8. The van der Waals surface area contributed by atoms with Crippen molar-refractivity contribution in [2.24, 2.45) is 5.73 Å². The predicted molar refractivity (Wildman–Crippen MR) is 470 cm³/mol. The molecule has 1 saturated heterocycles. The average molecular weight is 1710 g/mol. The van der Waals surface area contributed by atoms with E-state index >= 15 is 0 Å². The van der Waals surface area contributed by atoms with Crippen LogP contribution in [0.2, 0.25) is 0 Å². The topological polar surface area (TPSA) is 433 Å². The molecule has 12 aromatic rings. The molecule has 0 bridgehead atoms. The van der Waals surface area contributed by atoms with Gasteiger partial charge in [-0.1, -0.05) is 93.2 Å². The maximum Gasteiger partial charge on any atom is 0.495 e. The lowest BCUT2D eigenvalue weighted by Crippen LogP contribution is -2.41. The molecule has 2 amide bonds. The van der Waals surface area contributed by atoms with Gasteiger partial charge in [-0.25, -0.2) is 29.5 Å². The van der Waals surface area contributed by atoms with Crippen molar-refractivity contribution >= 4 is 93.1 Å². The van der Waals surface area contributed by atoms with Crippen LogP contribution in [-0.4, -0.2) is 158 Å². The molecule has 0 atom stereocenters. The molecule has 1 aliphatic heterocycles. The first kappa shape index (κ1) is 87.8. The molecule has 122 heavy (non-hydrogen) atoms. The first-order chi connectivity index (χ1) is 58.5. The molecule has 0 unspecified atom stereocenters. The van der Waals surface area contributed by atoms with E-state index in [1.807, 2.05) is 134 Å². The molecular weight excluding hydrogens is 1620 g/mol. The highest BCUT2D eigenvalue weighted by atomic mass is 79.9. The summed E-state index contributed by atoms with van der Waals surface area (Å²) in [4.78, 5) is 62.3. The third kappa shape index (κ3) is 21.0. The number of rotatable bonds is 20. The molecule has 10 N–H and O–H groups in total. The Kier molecular flexibility index (Phi) is 27.9. The zero-order chi connectivity index (χ0) is 87.3. The molecule has 8 aromatic heterocycles. The van der Waals surface area contributed by atoms with Crippen LogP contribution in [0.5, 0.6) is 0 Å². The highest BCUT2D eigenvalue weighted by Crippen LogP contribution is 2.45. The Morgan fingerprint density at radius 2 is 0.680 bits per heavy atom. The molecule has 9 heterocycles. The van der Waals surface area contributed by atoms with E-state index in [0.29, 0.717) is 69.3 Å². The summed E-state index contributed by atoms with van der Waals surface area (Å²) in [6.45, 7) is 24.4. The maximum atomic E-state index is 11.9. The van der Waals surface area contributed by atoms with Crippen molar-refractivity contribution in [3.05, 3.63) is 259 Å². The number of benzene rings is 4. The number of pyridine rings is 4. The second kappa shape index (κ2) is 38.7. The van der Waals surface area contributed by atoms with E-state index in [9.17, 15) is 24.3 Å². The van der Waals surface area contributed by atoms with Gasteiger partial charge in [0, 0.05) is 77.2 Å². The zero-order valence-electron chi connectivity index (χ0n) is 70.2. The summed E-state index contributed by atoms with van der Waals surface area (Å²) in [6, 6.07) is 47.5. The summed E-state index contributed by atoms with van der Waals surface area (Å²) in [7, 11) is 4.33. The number of aromatic carboxylic acids is 2. The van der Waals surface area contributed by atoms with Crippen LogP contribution in [0.1, 0.15) is 187 Å². The van der Waals surface area contributed by atoms with Gasteiger partial charge in [0.1, 0.15) is 27.4 Å². The van der Waals surface area contributed by atoms with Gasteiger partial charge in [-0.05, 0) is 279 Å². The van der Waals surface area contributed by atoms with Gasteiger partial charge in [0.05, 0.1) is 28.3 Å². The number of hydrogen-bond donors (Lipinski definition) is 9. The number of nitrogens with one attached hydrogen (secondary N) is 6. The van der Waals surface area contributed by atoms with Gasteiger partial charge < -0.3 is 74.8 Å². The monoisotopic (exact) mass is 1710 g/mol. The number of nitrogens with zero attached hydrogens (tertiary/aromatic N) is 12. The largest absolute Gasteiger partial charge is 0.495 e. The third-order valence-electron chi connectivity index (χ3n) is 19.7. The van der Waals surface area contributed by atoms with Gasteiger partial charge >= 0.3 is 43.1 Å². The number of allylic oxidation sites excluding steroid dienone is 4. The minimum atomic E-state index is -1.04. The molecule has 0 saturated carbocycles. The van der Waals surface area contributed by atoms with E-state index in [0.717, 1.165) is 109 Å². The number of halogens is 1. The number of anilines is 4. The van der Waals surface area contributed by atoms with Crippen molar-refractivity contribution in [2.45, 2.75) is 144 Å². The van der Waals surface area contributed by atoms with Crippen LogP contribution < -0.4 is 37.6 Å². The van der Waals surface area contributed by atoms with Gasteiger partial charge in [-0.2, -0.15) is 0 Å². The number of carbonyl (C=O) groups is 4. The van der Waals surface area contributed by atoms with Crippen molar-refractivity contribution in [1.29, 1.82) is 0 Å². The van der Waals surface area contributed by atoms with Gasteiger partial charge in [-0.15, -0.1) is 20.4 Å². The van der Waals surface area contributed by atoms with Crippen molar-refractivity contribution < 1.29 is 56.4 Å². The second-order valence-corrected chi connectivity index (χ2v) is 31.4. The Bertz CT molecular complexity index is 5770. The minimum absolute atomic E-state index is 0.0271. The fourth-order valence-electron chi connectivity index (χ4n) is 13.3. The first-order valence-electron chi connectivity index (χ1n) is 39.6. The quantitative estimate of drug-likeness (QED) is 0.0253. The second-order valence-electron chi connectivity index (χ2n) is 30.6. The molecule has 5 aliphatic rings. The molecule has 628 valence electrons. The van der Waals surface area contributed by atoms with Crippen molar-refractivity contribution in [3.8, 4) is 45.8 Å². The molecule has 4 aromatic carbocycles. The lowest BCUT2D eigenvalue weighted by Gasteiger charge is -2.32. The fraction of sp³-hybridized carbons (Fsp3) is 0.281. The molecule has 31 nitrogen and oxygen atoms in total. The normalized spacial score (nSPS) is 13.9. The maximum absolute atomic E-state index is 11.9. The third-order valence-corrected chi connectivity index (χ3v) is 20.2. The number of amides is 2. The molecule has 4 aliphatic carbocycles. The smallest absolute Gasteiger partial charge is 0.477 e. The van der Waals surface area contributed by atoms with Gasteiger partial charge in [0.15, 0.2) is 0 Å². The van der Waals surface area contributed by atoms with Crippen molar-refractivity contribution in [1.82, 2.24) is 71.4 Å². The molecule has 1 fully saturated rings. The minimum Gasteiger partial charge on any atom is -0.477 e. The summed E-state index contributed by atoms with van der Waals surface area (Å²) in [6.07, 6.45) is 11.8. The van der Waals surface area contributed by atoms with E-state index in [1.54, 1.807) is 44.4 Å². The van der Waals surface area contributed by atoms with Crippen LogP contribution in [0.15, 0.2) is 192 Å². The summed E-state index contributed by atoms with van der Waals surface area (Å²) in [5, 5.41) is 68.0. The fourth-order valence-corrected chi connectivity index (χ4v) is 13.6. The van der Waals surface area contributed by atoms with Gasteiger partial charge in [-0.3, -0.25) is 9.59 Å². The average Bonchev–Trinajstić information content (AvgIpc) is 1.62. The van der Waals surface area contributed by atoms with Crippen LogP contribution in [0.25, 0.3) is 68.0 Å². The van der Waals surface area contributed by atoms with Crippen LogP contribution in [0.3, 0.4) is 0 Å². The SMILES string of the molecule is CC(C)Nc1nnc(-c2ccc3c(c2)C(B2OC(C)(C)C(C)(C)O2)=CC3)o1.CC(C)Nc1nnc(-c2ccc3c(c2)C(c2cccc(C(=O)O)n2)=CC3)o1.CN.CNC(=O)c1cccc(C2=CCc3ccc(-c4nnc(NC(C)C)o4)cc32)n1.CNC(=O)c1cccc(C2=CCc3ccc(-c4nnc(NC(C)C)o4)cc32)n1.O=C(O)c1cccc(Br)n1. The van der Waals surface area contributed by atoms with Crippen molar-refractivity contribution in [2.75, 3.05) is 42.4 Å². The highest BCUT2D eigenvalue weighted by Gasteiger charge is 2.53. The molecule has 17 rings (SSSR count). The Morgan fingerprint density at radius 1 is 0.393 bits per heavy atom. The number of fused-ring (bicyclic) bond motifs is 4. The Morgan fingerprint density at radius 3 is 0.984 bits per heavy atom. The first-order valence-corrected chi connectivity index (χ1v) is 40.4. The summed E-state index contributed by atoms with van der Waals surface area (Å²) >= 11 is 3.06. The van der Waals surface area contributed by atoms with E-state index < -0.39 is 11.9 Å². The van der Waals surface area contributed by atoms with Crippen LogP contribution >= 0.6 is 15.9 Å². The Hall–Kier alpha value is -13.5. The Labute approximate surface area is 713 Å². The summed E-state index contributed by atoms with van der Waals surface area (Å²) in [5.41, 5.74) is 23.3. The molecule has 33 heteroatoms. The van der Waals surface area contributed by atoms with Gasteiger partial charge in [0.25, 0.3) is 11.8 Å². The van der Waals surface area contributed by atoms with Gasteiger partial charge in [0.2, 0.25) is 23.6 Å². The molecule has 0 spiro atoms. The van der Waals surface area contributed by atoms with Crippen LogP contribution in [0.4, 0.5) is 24.1 Å². The standard InChI is InChI=1S/2C21H21N5O2.C20H26BN3O3.C20H18N4O3.C6H4BrNO2.CH5N/c2*1-12(2)23-21-26-25-20(28-21)14-8-7-13-9-10-15(16(13)11-14)17-5-4-6-18(24-17)19(27)22-3;1-12(2)22-18-24-23-17(25-18)14-8-7-13-9-10-16(15(13)11-14)21-26-19(3,4)20(5,6)27-21;1-11(2)21-20-24-23-18(27-20)13-7-6-12-8-9-14(15(12)10-13)16-4-3-5-17(22-16)19(25)26;7-5-3-1-2-4(8-5)6(9)10;1-2/h2*4-8,10-12H,9H2,1-3H3,(H,22,27)(H,23,26);7-8,10-12H,9H2,1-6H3,(H,22,24);3-7,9-11H,8H2,1-2H3,(H,21,24)(H,25,26);1-3H,(H,9,10);2H2,1H3. The number of carboxylic acid groups (broad SMARTS) is 2. The molecular formula is C89H95BBrN19O12. The van der Waals surface area contributed by atoms with E-state index in [2.05, 4.69) is 191 Å². The lowest BCUT2D eigenvalue weighted by atomic mass is 9.75. The number of nitrogens with two attached hydrogens (primary N) is 1. The molecule has 0 radical (unpaired) electrons. The predicted octanol–water partition coefficient (Wildman–Crippen LogP) is 15.5. The highest BCUT2D eigenvalue weighted by molar-refractivity contribution is 9.10. The van der Waals surface area contributed by atoms with E-state index in [4.69, 9.17) is 32.1 Å². The lowest BCUT2D eigenvalue weighted by molar-refractivity contribution is 0.00578. The number of aromatic nitrogens is 12. The number of hydrogen-bond acceptors (Lipinski definition) is 27. The van der Waals surface area contributed by atoms with E-state index in [-0.39, 0.29) is 65.7 Å². The summed E-state index contributed by atoms with van der Waals surface area (Å²) < 4.78 is 35.9. The van der Waals surface area contributed by atoms with Crippen LogP contribution in [-0.2, 0) is 35.0 Å². The number of carbonyl (C=O) groups excluding carboxylic acids is 2. The summed E-state index contributed by atoms with van der Waals surface area (Å²) in [5.74, 6) is -0.605. The number of carboxylic acids is 2. The Balaban J connectivity index is 0.000000142. The van der Waals surface area contributed by atoms with Crippen molar-refractivity contribution in [3.63, 3.8) is 0 Å².